The van der Waals surface area contributed by atoms with Crippen molar-refractivity contribution in [3.8, 4) is 17.1 Å². The number of aromatic amines is 1. The number of benzene rings is 1. The van der Waals surface area contributed by atoms with Crippen molar-refractivity contribution in [2.75, 3.05) is 6.54 Å². The van der Waals surface area contributed by atoms with Crippen LogP contribution >= 0.6 is 0 Å². The Balaban J connectivity index is 1.29. The van der Waals surface area contributed by atoms with Crippen LogP contribution in [0.4, 0.5) is 0 Å². The van der Waals surface area contributed by atoms with Crippen molar-refractivity contribution in [2.45, 2.75) is 51.7 Å². The smallest absolute Gasteiger partial charge is 0.246 e. The first kappa shape index (κ1) is 23.2. The molecule has 37 heavy (non-hydrogen) atoms. The molecule has 0 saturated heterocycles. The molecule has 1 atom stereocenters. The Kier molecular flexibility index (Phi) is 6.30. The number of furan rings is 1. The largest absolute Gasteiger partial charge is 0.483 e. The van der Waals surface area contributed by atoms with Crippen molar-refractivity contribution < 1.29 is 18.4 Å². The van der Waals surface area contributed by atoms with E-state index in [0.29, 0.717) is 36.8 Å². The summed E-state index contributed by atoms with van der Waals surface area (Å²) in [5, 5.41) is 14.7. The maximum atomic E-state index is 12.9. The van der Waals surface area contributed by atoms with E-state index in [9.17, 15) is 4.79 Å². The van der Waals surface area contributed by atoms with Crippen molar-refractivity contribution >= 4 is 12.0 Å². The van der Waals surface area contributed by atoms with Crippen molar-refractivity contribution in [1.82, 2.24) is 30.5 Å². The summed E-state index contributed by atoms with van der Waals surface area (Å²) in [6, 6.07) is 7.68. The van der Waals surface area contributed by atoms with Crippen LogP contribution in [0.2, 0.25) is 0 Å². The topological polar surface area (TPSA) is 123 Å². The second-order valence-corrected chi connectivity index (χ2v) is 9.63. The molecule has 3 aromatic heterocycles. The van der Waals surface area contributed by atoms with E-state index in [1.54, 1.807) is 24.5 Å². The molecule has 1 aliphatic heterocycles. The van der Waals surface area contributed by atoms with Gasteiger partial charge < -0.3 is 18.5 Å². The van der Waals surface area contributed by atoms with Gasteiger partial charge in [0.15, 0.2) is 6.39 Å². The third kappa shape index (κ3) is 5.18. The van der Waals surface area contributed by atoms with E-state index < -0.39 is 0 Å². The number of nitrogens with one attached hydrogen (secondary N) is 1. The van der Waals surface area contributed by atoms with Crippen LogP contribution in [0, 0.1) is 12.8 Å². The van der Waals surface area contributed by atoms with Crippen LogP contribution in [0.5, 0.6) is 5.75 Å². The lowest BCUT2D eigenvalue weighted by molar-refractivity contribution is -0.126. The molecule has 1 saturated carbocycles. The number of hydrogen-bond acceptors (Lipinski definition) is 8. The Bertz CT molecular complexity index is 1390. The van der Waals surface area contributed by atoms with Gasteiger partial charge in [0, 0.05) is 19.2 Å². The number of tetrazole rings is 1. The maximum Gasteiger partial charge on any atom is 0.246 e. The standard InChI is InChI=1S/C27H28N6O4/c1-17-26(28-16-36-17)23(8-6-18-4-5-18)37-24-14-20-15-33(25(34)9-7-21-3-2-12-35-21)11-10-19(20)13-22(24)27-29-31-32-30-27/h2-3,7,9,12-14,16,18,23H,4-6,8,10-11,15H2,1H3,(H,29,30,31,32)/b9-7+. The van der Waals surface area contributed by atoms with Crippen LogP contribution in [0.25, 0.3) is 17.5 Å². The van der Waals surface area contributed by atoms with Crippen molar-refractivity contribution in [2.24, 2.45) is 5.92 Å². The Hall–Kier alpha value is -4.21. The Morgan fingerprint density at radius 3 is 2.95 bits per heavy atom. The lowest BCUT2D eigenvalue weighted by Crippen LogP contribution is -2.34. The normalized spacial score (nSPS) is 16.2. The van der Waals surface area contributed by atoms with Gasteiger partial charge in [0.2, 0.25) is 11.7 Å². The minimum absolute atomic E-state index is 0.0627. The number of nitrogens with zero attached hydrogens (tertiary/aromatic N) is 5. The summed E-state index contributed by atoms with van der Waals surface area (Å²) in [5.74, 6) is 3.20. The van der Waals surface area contributed by atoms with E-state index in [2.05, 4.69) is 31.7 Å². The fraction of sp³-hybridized carbons (Fsp3) is 0.370. The average Bonchev–Trinajstić information content (AvgIpc) is 3.29. The van der Waals surface area contributed by atoms with E-state index in [4.69, 9.17) is 13.6 Å². The minimum Gasteiger partial charge on any atom is -0.483 e. The first-order valence-electron chi connectivity index (χ1n) is 12.6. The number of fused-ring (bicyclic) bond motifs is 1. The van der Waals surface area contributed by atoms with Gasteiger partial charge in [0.25, 0.3) is 0 Å². The third-order valence-corrected chi connectivity index (χ3v) is 7.04. The van der Waals surface area contributed by atoms with Crippen molar-refractivity contribution in [3.63, 3.8) is 0 Å². The summed E-state index contributed by atoms with van der Waals surface area (Å²) in [7, 11) is 0. The van der Waals surface area contributed by atoms with E-state index in [0.717, 1.165) is 46.9 Å². The molecule has 4 heterocycles. The molecule has 0 bridgehead atoms. The van der Waals surface area contributed by atoms with Gasteiger partial charge in [-0.15, -0.1) is 10.2 Å². The highest BCUT2D eigenvalue weighted by molar-refractivity contribution is 5.91. The Morgan fingerprint density at radius 2 is 2.22 bits per heavy atom. The van der Waals surface area contributed by atoms with Gasteiger partial charge >= 0.3 is 0 Å². The Labute approximate surface area is 213 Å². The predicted octanol–water partition coefficient (Wildman–Crippen LogP) is 4.66. The van der Waals surface area contributed by atoms with Crippen LogP contribution in [-0.4, -0.2) is 43.0 Å². The summed E-state index contributed by atoms with van der Waals surface area (Å²) in [6.45, 7) is 3.00. The lowest BCUT2D eigenvalue weighted by atomic mass is 9.95. The number of aryl methyl sites for hydroxylation is 1. The zero-order valence-corrected chi connectivity index (χ0v) is 20.6. The highest BCUT2D eigenvalue weighted by atomic mass is 16.5. The van der Waals surface area contributed by atoms with Gasteiger partial charge in [0.1, 0.15) is 29.1 Å². The monoisotopic (exact) mass is 500 g/mol. The van der Waals surface area contributed by atoms with Crippen LogP contribution in [0.1, 0.15) is 60.1 Å². The summed E-state index contributed by atoms with van der Waals surface area (Å²) >= 11 is 0. The van der Waals surface area contributed by atoms with Crippen molar-refractivity contribution in [1.29, 1.82) is 0 Å². The molecule has 2 aliphatic rings. The minimum atomic E-state index is -0.263. The molecule has 4 aromatic rings. The summed E-state index contributed by atoms with van der Waals surface area (Å²) in [5.41, 5.74) is 3.74. The number of amides is 1. The molecular weight excluding hydrogens is 472 g/mol. The number of rotatable bonds is 9. The zero-order chi connectivity index (χ0) is 25.2. The molecule has 10 heteroatoms. The van der Waals surface area contributed by atoms with Crippen LogP contribution in [0.3, 0.4) is 0 Å². The first-order valence-corrected chi connectivity index (χ1v) is 12.6. The number of H-pyrrole nitrogens is 1. The van der Waals surface area contributed by atoms with Crippen molar-refractivity contribution in [3.05, 3.63) is 71.3 Å². The number of carbonyl (C=O) groups is 1. The molecule has 1 fully saturated rings. The number of ether oxygens (including phenoxy) is 1. The number of oxazole rings is 1. The van der Waals surface area contributed by atoms with Gasteiger partial charge in [-0.3, -0.25) is 4.79 Å². The lowest BCUT2D eigenvalue weighted by Gasteiger charge is -2.29. The third-order valence-electron chi connectivity index (χ3n) is 7.04. The molecule has 10 nitrogen and oxygen atoms in total. The summed E-state index contributed by atoms with van der Waals surface area (Å²) < 4.78 is 17.5. The number of aromatic nitrogens is 5. The van der Waals surface area contributed by atoms with E-state index in [1.807, 2.05) is 24.0 Å². The molecule has 6 rings (SSSR count). The molecule has 1 aromatic carbocycles. The van der Waals surface area contributed by atoms with E-state index in [-0.39, 0.29) is 12.0 Å². The van der Waals surface area contributed by atoms with Crippen LogP contribution in [-0.2, 0) is 17.8 Å². The van der Waals surface area contributed by atoms with E-state index in [1.165, 1.54) is 19.2 Å². The summed E-state index contributed by atoms with van der Waals surface area (Å²) in [4.78, 5) is 19.2. The van der Waals surface area contributed by atoms with Gasteiger partial charge in [-0.05, 0) is 78.8 Å². The molecule has 0 spiro atoms. The maximum absolute atomic E-state index is 12.9. The van der Waals surface area contributed by atoms with E-state index >= 15 is 0 Å². The van der Waals surface area contributed by atoms with Crippen LogP contribution < -0.4 is 4.74 Å². The van der Waals surface area contributed by atoms with Crippen LogP contribution in [0.15, 0.2) is 51.8 Å². The SMILES string of the molecule is Cc1ocnc1C(CCC1CC1)Oc1cc2c(cc1-c1nn[nH]n1)CCN(C(=O)/C=C/c1ccco1)C2. The highest BCUT2D eigenvalue weighted by Gasteiger charge is 2.29. The van der Waals surface area contributed by atoms with Gasteiger partial charge in [-0.25, -0.2) is 4.98 Å². The predicted molar refractivity (Wildman–Crippen MR) is 133 cm³/mol. The molecule has 0 radical (unpaired) electrons. The van der Waals surface area contributed by atoms with Gasteiger partial charge in [-0.2, -0.15) is 5.21 Å². The second kappa shape index (κ2) is 10.0. The number of carbonyl (C=O) groups excluding carboxylic acids is 1. The first-order chi connectivity index (χ1) is 18.1. The fourth-order valence-electron chi connectivity index (χ4n) is 4.79. The zero-order valence-electron chi connectivity index (χ0n) is 20.6. The molecule has 1 unspecified atom stereocenters. The molecule has 190 valence electrons. The van der Waals surface area contributed by atoms with Gasteiger partial charge in [0.05, 0.1) is 11.8 Å². The molecule has 1 N–H and O–H groups in total. The highest BCUT2D eigenvalue weighted by Crippen LogP contribution is 2.40. The fourth-order valence-corrected chi connectivity index (χ4v) is 4.79. The summed E-state index contributed by atoms with van der Waals surface area (Å²) in [6.07, 6.45) is 11.2. The molecule has 1 amide bonds. The molecule has 1 aliphatic carbocycles. The Morgan fingerprint density at radius 1 is 1.30 bits per heavy atom. The quantitative estimate of drug-likeness (QED) is 0.329. The number of hydrogen-bond donors (Lipinski definition) is 1. The molecular formula is C27H28N6O4. The van der Waals surface area contributed by atoms with Gasteiger partial charge in [-0.1, -0.05) is 12.8 Å². The second-order valence-electron chi connectivity index (χ2n) is 9.63. The average molecular weight is 501 g/mol.